The lowest BCUT2D eigenvalue weighted by Gasteiger charge is -2.30. The molecule has 2 aromatic carbocycles. The van der Waals surface area contributed by atoms with Gasteiger partial charge < -0.3 is 10.6 Å². The molecule has 0 fully saturated rings. The number of nitrogens with two attached hydrogens (primary N) is 1. The first-order valence-electron chi connectivity index (χ1n) is 6.98. The van der Waals surface area contributed by atoms with Crippen LogP contribution >= 0.6 is 0 Å². The van der Waals surface area contributed by atoms with Crippen molar-refractivity contribution < 1.29 is 9.18 Å². The van der Waals surface area contributed by atoms with Crippen LogP contribution in [-0.4, -0.2) is 17.4 Å². The predicted octanol–water partition coefficient (Wildman–Crippen LogP) is 2.91. The molecule has 108 valence electrons. The SMILES string of the molecule is Cc1ccc(F)cc1C(=O)N1CCc2c(N)cccc2C1. The first-order valence-corrected chi connectivity index (χ1v) is 6.98. The number of halogens is 1. The van der Waals surface area contributed by atoms with Gasteiger partial charge in [0, 0.05) is 24.3 Å². The minimum atomic E-state index is -0.384. The van der Waals surface area contributed by atoms with Crippen molar-refractivity contribution in [2.75, 3.05) is 12.3 Å². The molecule has 1 aliphatic rings. The van der Waals surface area contributed by atoms with E-state index in [9.17, 15) is 9.18 Å². The Labute approximate surface area is 123 Å². The van der Waals surface area contributed by atoms with Crippen LogP contribution in [0.4, 0.5) is 10.1 Å². The third kappa shape index (κ3) is 2.49. The highest BCUT2D eigenvalue weighted by atomic mass is 19.1. The summed E-state index contributed by atoms with van der Waals surface area (Å²) in [6.45, 7) is 2.95. The second-order valence-electron chi connectivity index (χ2n) is 5.42. The van der Waals surface area contributed by atoms with Crippen LogP contribution in [-0.2, 0) is 13.0 Å². The molecule has 0 unspecified atom stereocenters. The smallest absolute Gasteiger partial charge is 0.254 e. The summed E-state index contributed by atoms with van der Waals surface area (Å²) >= 11 is 0. The minimum Gasteiger partial charge on any atom is -0.398 e. The lowest BCUT2D eigenvalue weighted by atomic mass is 9.97. The summed E-state index contributed by atoms with van der Waals surface area (Å²) in [5.41, 5.74) is 10.2. The number of nitrogen functional groups attached to an aromatic ring is 1. The number of hydrogen-bond acceptors (Lipinski definition) is 2. The zero-order valence-corrected chi connectivity index (χ0v) is 11.9. The van der Waals surface area contributed by atoms with E-state index < -0.39 is 0 Å². The van der Waals surface area contributed by atoms with Crippen molar-refractivity contribution >= 4 is 11.6 Å². The average molecular weight is 284 g/mol. The van der Waals surface area contributed by atoms with Crippen LogP contribution in [0, 0.1) is 12.7 Å². The largest absolute Gasteiger partial charge is 0.398 e. The quantitative estimate of drug-likeness (QED) is 0.818. The summed E-state index contributed by atoms with van der Waals surface area (Å²) in [4.78, 5) is 14.3. The molecule has 0 radical (unpaired) electrons. The number of rotatable bonds is 1. The molecule has 2 N–H and O–H groups in total. The minimum absolute atomic E-state index is 0.125. The van der Waals surface area contributed by atoms with E-state index in [-0.39, 0.29) is 11.7 Å². The van der Waals surface area contributed by atoms with Gasteiger partial charge in [-0.2, -0.15) is 0 Å². The number of nitrogens with zero attached hydrogens (tertiary/aromatic N) is 1. The Morgan fingerprint density at radius 1 is 1.29 bits per heavy atom. The van der Waals surface area contributed by atoms with Gasteiger partial charge in [0.2, 0.25) is 0 Å². The Bertz CT molecular complexity index is 712. The Hall–Kier alpha value is -2.36. The van der Waals surface area contributed by atoms with Crippen LogP contribution in [0.3, 0.4) is 0 Å². The summed E-state index contributed by atoms with van der Waals surface area (Å²) in [7, 11) is 0. The molecule has 0 saturated carbocycles. The maximum absolute atomic E-state index is 13.4. The van der Waals surface area contributed by atoms with E-state index in [4.69, 9.17) is 5.73 Å². The Balaban J connectivity index is 1.89. The standard InChI is InChI=1S/C17H17FN2O/c1-11-5-6-13(18)9-15(11)17(21)20-8-7-14-12(10-20)3-2-4-16(14)19/h2-6,9H,7-8,10,19H2,1H3. The molecule has 0 aliphatic carbocycles. The van der Waals surface area contributed by atoms with Crippen LogP contribution in [0.2, 0.25) is 0 Å². The Morgan fingerprint density at radius 3 is 2.90 bits per heavy atom. The van der Waals surface area contributed by atoms with Crippen molar-refractivity contribution in [2.24, 2.45) is 0 Å². The summed E-state index contributed by atoms with van der Waals surface area (Å²) in [6, 6.07) is 10.1. The molecule has 1 amide bonds. The third-order valence-electron chi connectivity index (χ3n) is 4.02. The molecule has 0 spiro atoms. The molecule has 1 aliphatic heterocycles. The summed E-state index contributed by atoms with van der Waals surface area (Å²) in [6.07, 6.45) is 0.738. The lowest BCUT2D eigenvalue weighted by Crippen LogP contribution is -2.36. The molecular formula is C17H17FN2O. The van der Waals surface area contributed by atoms with Crippen LogP contribution < -0.4 is 5.73 Å². The Morgan fingerprint density at radius 2 is 2.10 bits per heavy atom. The second-order valence-corrected chi connectivity index (χ2v) is 5.42. The zero-order valence-electron chi connectivity index (χ0n) is 11.9. The summed E-state index contributed by atoms with van der Waals surface area (Å²) in [5.74, 6) is -0.509. The van der Waals surface area contributed by atoms with Crippen molar-refractivity contribution in [3.63, 3.8) is 0 Å². The normalized spacial score (nSPS) is 13.9. The van der Waals surface area contributed by atoms with Crippen LogP contribution in [0.5, 0.6) is 0 Å². The van der Waals surface area contributed by atoms with Gasteiger partial charge in [0.15, 0.2) is 0 Å². The first-order chi connectivity index (χ1) is 10.1. The van der Waals surface area contributed by atoms with Gasteiger partial charge in [-0.1, -0.05) is 18.2 Å². The fourth-order valence-corrected chi connectivity index (χ4v) is 2.81. The molecule has 2 aromatic rings. The fraction of sp³-hybridized carbons (Fsp3) is 0.235. The number of amides is 1. The van der Waals surface area contributed by atoms with Gasteiger partial charge in [0.25, 0.3) is 5.91 Å². The van der Waals surface area contributed by atoms with E-state index in [0.717, 1.165) is 28.8 Å². The number of carbonyl (C=O) groups is 1. The number of anilines is 1. The van der Waals surface area contributed by atoms with Crippen molar-refractivity contribution in [1.82, 2.24) is 4.90 Å². The van der Waals surface area contributed by atoms with Crippen molar-refractivity contribution in [3.05, 3.63) is 64.5 Å². The highest BCUT2D eigenvalue weighted by Crippen LogP contribution is 2.25. The number of aryl methyl sites for hydroxylation is 1. The van der Waals surface area contributed by atoms with E-state index >= 15 is 0 Å². The first kappa shape index (κ1) is 13.6. The molecule has 4 heteroatoms. The highest BCUT2D eigenvalue weighted by Gasteiger charge is 2.24. The molecular weight excluding hydrogens is 267 g/mol. The van der Waals surface area contributed by atoms with Crippen molar-refractivity contribution in [1.29, 1.82) is 0 Å². The fourth-order valence-electron chi connectivity index (χ4n) is 2.81. The lowest BCUT2D eigenvalue weighted by molar-refractivity contribution is 0.0733. The van der Waals surface area contributed by atoms with Gasteiger partial charge in [-0.25, -0.2) is 4.39 Å². The summed E-state index contributed by atoms with van der Waals surface area (Å²) in [5, 5.41) is 0. The molecule has 1 heterocycles. The van der Waals surface area contributed by atoms with Gasteiger partial charge in [-0.15, -0.1) is 0 Å². The maximum Gasteiger partial charge on any atom is 0.254 e. The van der Waals surface area contributed by atoms with Crippen LogP contribution in [0.25, 0.3) is 0 Å². The topological polar surface area (TPSA) is 46.3 Å². The van der Waals surface area contributed by atoms with Gasteiger partial charge in [0.05, 0.1) is 0 Å². The van der Waals surface area contributed by atoms with E-state index in [2.05, 4.69) is 0 Å². The van der Waals surface area contributed by atoms with Crippen molar-refractivity contribution in [2.45, 2.75) is 19.9 Å². The monoisotopic (exact) mass is 284 g/mol. The van der Waals surface area contributed by atoms with Crippen LogP contribution in [0.15, 0.2) is 36.4 Å². The third-order valence-corrected chi connectivity index (χ3v) is 4.02. The number of hydrogen-bond donors (Lipinski definition) is 1. The molecule has 3 rings (SSSR count). The Kier molecular flexibility index (Phi) is 3.37. The predicted molar refractivity (Wildman–Crippen MR) is 80.4 cm³/mol. The molecule has 0 aromatic heterocycles. The molecule has 21 heavy (non-hydrogen) atoms. The van der Waals surface area contributed by atoms with E-state index in [1.807, 2.05) is 25.1 Å². The highest BCUT2D eigenvalue weighted by molar-refractivity contribution is 5.95. The maximum atomic E-state index is 13.4. The molecule has 0 saturated heterocycles. The van der Waals surface area contributed by atoms with Gasteiger partial charge in [-0.05, 0) is 48.2 Å². The van der Waals surface area contributed by atoms with E-state index in [1.165, 1.54) is 12.1 Å². The van der Waals surface area contributed by atoms with E-state index in [0.29, 0.717) is 18.7 Å². The second kappa shape index (κ2) is 5.20. The summed E-state index contributed by atoms with van der Waals surface area (Å²) < 4.78 is 13.4. The van der Waals surface area contributed by atoms with Gasteiger partial charge in [-0.3, -0.25) is 4.79 Å². The molecule has 3 nitrogen and oxygen atoms in total. The van der Waals surface area contributed by atoms with Gasteiger partial charge in [0.1, 0.15) is 5.82 Å². The van der Waals surface area contributed by atoms with Gasteiger partial charge >= 0.3 is 0 Å². The number of fused-ring (bicyclic) bond motifs is 1. The number of benzene rings is 2. The zero-order chi connectivity index (χ0) is 15.0. The molecule has 0 bridgehead atoms. The van der Waals surface area contributed by atoms with E-state index in [1.54, 1.807) is 11.0 Å². The molecule has 0 atom stereocenters. The number of carbonyl (C=O) groups excluding carboxylic acids is 1. The van der Waals surface area contributed by atoms with Crippen molar-refractivity contribution in [3.8, 4) is 0 Å². The van der Waals surface area contributed by atoms with Crippen LogP contribution in [0.1, 0.15) is 27.0 Å². The average Bonchev–Trinajstić information content (AvgIpc) is 2.49.